The molecular formula is C22H34N4O3S. The fraction of sp³-hybridized carbons (Fsp3) is 0.727. The molecule has 166 valence electrons. The Morgan fingerprint density at radius 2 is 2.10 bits per heavy atom. The summed E-state index contributed by atoms with van der Waals surface area (Å²) in [7, 11) is 0. The van der Waals surface area contributed by atoms with E-state index in [-0.39, 0.29) is 12.2 Å². The van der Waals surface area contributed by atoms with Crippen LogP contribution in [0.25, 0.3) is 6.08 Å². The molecule has 2 atom stereocenters. The lowest BCUT2D eigenvalue weighted by molar-refractivity contribution is -0.198. The highest BCUT2D eigenvalue weighted by atomic mass is 32.1. The molecule has 3 heterocycles. The zero-order chi connectivity index (χ0) is 20.6. The molecule has 0 aromatic carbocycles. The van der Waals surface area contributed by atoms with Crippen LogP contribution < -0.4 is 10.8 Å². The molecule has 1 saturated carbocycles. The summed E-state index contributed by atoms with van der Waals surface area (Å²) in [5, 5.41) is 6.46. The number of thiazole rings is 1. The van der Waals surface area contributed by atoms with E-state index in [1.165, 1.54) is 57.7 Å². The third-order valence-electron chi connectivity index (χ3n) is 6.20. The number of amides is 1. The summed E-state index contributed by atoms with van der Waals surface area (Å²) in [6.45, 7) is 4.22. The first-order valence-electron chi connectivity index (χ1n) is 11.4. The van der Waals surface area contributed by atoms with Crippen molar-refractivity contribution in [3.8, 4) is 0 Å². The lowest BCUT2D eigenvalue weighted by atomic mass is 9.89. The number of carbonyl (C=O) groups is 1. The molecule has 1 aromatic rings. The summed E-state index contributed by atoms with van der Waals surface area (Å²) in [5.74, 6) is 0.592. The van der Waals surface area contributed by atoms with Gasteiger partial charge in [0.15, 0.2) is 11.4 Å². The van der Waals surface area contributed by atoms with Gasteiger partial charge >= 0.3 is 0 Å². The number of hydroxylamine groups is 1. The number of nitrogens with one attached hydrogen (secondary N) is 2. The van der Waals surface area contributed by atoms with Crippen LogP contribution in [0.15, 0.2) is 11.5 Å². The van der Waals surface area contributed by atoms with E-state index in [1.54, 1.807) is 17.4 Å². The van der Waals surface area contributed by atoms with Crippen molar-refractivity contribution in [3.63, 3.8) is 0 Å². The maximum atomic E-state index is 11.9. The lowest BCUT2D eigenvalue weighted by Crippen LogP contribution is -2.32. The van der Waals surface area contributed by atoms with Gasteiger partial charge in [0, 0.05) is 50.2 Å². The zero-order valence-corrected chi connectivity index (χ0v) is 18.5. The number of ether oxygens (including phenoxy) is 1. The van der Waals surface area contributed by atoms with Gasteiger partial charge in [-0.3, -0.25) is 4.79 Å². The van der Waals surface area contributed by atoms with E-state index in [0.29, 0.717) is 12.6 Å². The predicted octanol–water partition coefficient (Wildman–Crippen LogP) is 3.80. The van der Waals surface area contributed by atoms with Gasteiger partial charge in [-0.15, -0.1) is 11.3 Å². The number of nitrogens with zero attached hydrogens (tertiary/aromatic N) is 2. The molecule has 0 bridgehead atoms. The smallest absolute Gasteiger partial charge is 0.267 e. The number of carbonyl (C=O) groups excluding carboxylic acids is 1. The van der Waals surface area contributed by atoms with Gasteiger partial charge in [0.25, 0.3) is 5.91 Å². The Labute approximate surface area is 183 Å². The van der Waals surface area contributed by atoms with Gasteiger partial charge in [0.1, 0.15) is 0 Å². The van der Waals surface area contributed by atoms with Crippen LogP contribution in [0, 0.1) is 5.92 Å². The second-order valence-electron chi connectivity index (χ2n) is 8.68. The third-order valence-corrected chi connectivity index (χ3v) is 6.99. The second kappa shape index (κ2) is 11.2. The Bertz CT molecular complexity index is 698. The quantitative estimate of drug-likeness (QED) is 0.479. The van der Waals surface area contributed by atoms with Gasteiger partial charge < -0.3 is 15.0 Å². The average Bonchev–Trinajstić information content (AvgIpc) is 3.42. The first-order chi connectivity index (χ1) is 14.7. The standard InChI is InChI=1S/C22H34N4O3S/c27-20(25-29-21-8-4-5-13-28-21)10-9-19-16-30-22(24-19)23-18-11-12-26(15-18)14-17-6-2-1-3-7-17/h9-10,16-18,21H,1-8,11-15H2,(H,23,24)(H,25,27)/b10-9+/t18-,21?/m1/s1. The monoisotopic (exact) mass is 434 g/mol. The summed E-state index contributed by atoms with van der Waals surface area (Å²) >= 11 is 1.59. The molecule has 3 fully saturated rings. The molecule has 0 radical (unpaired) electrons. The van der Waals surface area contributed by atoms with E-state index in [0.717, 1.165) is 42.6 Å². The van der Waals surface area contributed by atoms with Crippen molar-refractivity contribution in [3.05, 3.63) is 17.2 Å². The first-order valence-corrected chi connectivity index (χ1v) is 12.3. The molecule has 1 amide bonds. The van der Waals surface area contributed by atoms with E-state index < -0.39 is 0 Å². The predicted molar refractivity (Wildman–Crippen MR) is 119 cm³/mol. The van der Waals surface area contributed by atoms with Gasteiger partial charge in [-0.25, -0.2) is 15.3 Å². The van der Waals surface area contributed by atoms with Crippen molar-refractivity contribution < 1.29 is 14.4 Å². The minimum atomic E-state index is -0.338. The van der Waals surface area contributed by atoms with E-state index in [2.05, 4.69) is 20.7 Å². The van der Waals surface area contributed by atoms with Crippen molar-refractivity contribution in [2.75, 3.05) is 31.6 Å². The molecule has 8 heteroatoms. The highest BCUT2D eigenvalue weighted by molar-refractivity contribution is 7.13. The Kier molecular flexibility index (Phi) is 8.14. The minimum absolute atomic E-state index is 0.305. The van der Waals surface area contributed by atoms with Crippen molar-refractivity contribution in [1.82, 2.24) is 15.4 Å². The van der Waals surface area contributed by atoms with Gasteiger partial charge in [-0.2, -0.15) is 0 Å². The van der Waals surface area contributed by atoms with Crippen LogP contribution in [0.3, 0.4) is 0 Å². The van der Waals surface area contributed by atoms with E-state index in [4.69, 9.17) is 9.57 Å². The molecule has 4 rings (SSSR count). The fourth-order valence-corrected chi connectivity index (χ4v) is 5.33. The zero-order valence-electron chi connectivity index (χ0n) is 17.7. The first kappa shape index (κ1) is 21.7. The van der Waals surface area contributed by atoms with E-state index >= 15 is 0 Å². The van der Waals surface area contributed by atoms with Crippen LogP contribution in [0.4, 0.5) is 5.13 Å². The van der Waals surface area contributed by atoms with E-state index in [1.807, 2.05) is 5.38 Å². The van der Waals surface area contributed by atoms with Crippen molar-refractivity contribution >= 4 is 28.5 Å². The maximum Gasteiger partial charge on any atom is 0.267 e. The van der Waals surface area contributed by atoms with Gasteiger partial charge in [-0.05, 0) is 44.1 Å². The number of hydrogen-bond acceptors (Lipinski definition) is 7. The molecule has 2 N–H and O–H groups in total. The van der Waals surface area contributed by atoms with E-state index in [9.17, 15) is 4.79 Å². The highest BCUT2D eigenvalue weighted by Crippen LogP contribution is 2.26. The Morgan fingerprint density at radius 1 is 1.23 bits per heavy atom. The van der Waals surface area contributed by atoms with Crippen molar-refractivity contribution in [2.24, 2.45) is 5.92 Å². The molecule has 2 aliphatic heterocycles. The molecule has 30 heavy (non-hydrogen) atoms. The highest BCUT2D eigenvalue weighted by Gasteiger charge is 2.25. The van der Waals surface area contributed by atoms with Crippen molar-refractivity contribution in [2.45, 2.75) is 70.1 Å². The molecule has 1 aromatic heterocycles. The molecule has 2 saturated heterocycles. The molecule has 3 aliphatic rings. The van der Waals surface area contributed by atoms with Crippen molar-refractivity contribution in [1.29, 1.82) is 0 Å². The summed E-state index contributed by atoms with van der Waals surface area (Å²) in [4.78, 5) is 24.4. The number of hydrogen-bond donors (Lipinski definition) is 2. The fourth-order valence-electron chi connectivity index (χ4n) is 4.58. The van der Waals surface area contributed by atoms with Crippen LogP contribution in [0.5, 0.6) is 0 Å². The Morgan fingerprint density at radius 3 is 2.93 bits per heavy atom. The summed E-state index contributed by atoms with van der Waals surface area (Å²) < 4.78 is 5.42. The molecular weight excluding hydrogens is 400 g/mol. The summed E-state index contributed by atoms with van der Waals surface area (Å²) in [5.41, 5.74) is 3.21. The van der Waals surface area contributed by atoms with Crippen LogP contribution >= 0.6 is 11.3 Å². The topological polar surface area (TPSA) is 75.7 Å². The van der Waals surface area contributed by atoms with Gasteiger partial charge in [-0.1, -0.05) is 19.3 Å². The molecule has 7 nitrogen and oxygen atoms in total. The van der Waals surface area contributed by atoms with Gasteiger partial charge in [0.05, 0.1) is 5.69 Å². The SMILES string of the molecule is O=C(/C=C/c1csc(N[C@@H]2CCN(CC3CCCCC3)C2)n1)NOC1CCCCO1. The largest absolute Gasteiger partial charge is 0.357 e. The van der Waals surface area contributed by atoms with Crippen LogP contribution in [-0.2, 0) is 14.4 Å². The Hall–Kier alpha value is -1.48. The summed E-state index contributed by atoms with van der Waals surface area (Å²) in [6.07, 6.45) is 14.0. The minimum Gasteiger partial charge on any atom is -0.357 e. The molecule has 0 spiro atoms. The average molecular weight is 435 g/mol. The third kappa shape index (κ3) is 6.77. The van der Waals surface area contributed by atoms with Crippen LogP contribution in [0.1, 0.15) is 63.5 Å². The number of likely N-dealkylation sites (tertiary alicyclic amines) is 1. The van der Waals surface area contributed by atoms with Gasteiger partial charge in [0.2, 0.25) is 0 Å². The summed E-state index contributed by atoms with van der Waals surface area (Å²) in [6, 6.07) is 0.462. The maximum absolute atomic E-state index is 11.9. The number of rotatable bonds is 8. The number of anilines is 1. The second-order valence-corrected chi connectivity index (χ2v) is 9.54. The van der Waals surface area contributed by atoms with Crippen LogP contribution in [0.2, 0.25) is 0 Å². The normalized spacial score (nSPS) is 26.3. The number of aromatic nitrogens is 1. The van der Waals surface area contributed by atoms with Crippen LogP contribution in [-0.4, -0.2) is 54.4 Å². The molecule has 1 aliphatic carbocycles. The molecule has 1 unspecified atom stereocenters. The lowest BCUT2D eigenvalue weighted by Gasteiger charge is -2.26. The Balaban J connectivity index is 1.16.